The van der Waals surface area contributed by atoms with Crippen molar-refractivity contribution in [2.75, 3.05) is 20.8 Å². The number of likely N-dealkylation sites (N-methyl/N-ethyl adjacent to an activating group) is 1. The zero-order chi connectivity index (χ0) is 15.8. The second-order valence-electron chi connectivity index (χ2n) is 4.13. The lowest BCUT2D eigenvalue weighted by atomic mass is 10.1. The Bertz CT molecular complexity index is 591. The Kier molecular flexibility index (Phi) is 6.57. The van der Waals surface area contributed by atoms with E-state index in [9.17, 15) is 4.79 Å². The van der Waals surface area contributed by atoms with Crippen LogP contribution in [-0.4, -0.2) is 26.7 Å². The molecule has 0 aliphatic rings. The first-order valence-corrected chi connectivity index (χ1v) is 6.79. The Hall–Kier alpha value is -2.19. The van der Waals surface area contributed by atoms with Crippen molar-refractivity contribution in [3.63, 3.8) is 0 Å². The van der Waals surface area contributed by atoms with Crippen molar-refractivity contribution in [1.29, 1.82) is 5.26 Å². The van der Waals surface area contributed by atoms with Crippen molar-refractivity contribution in [3.05, 3.63) is 28.3 Å². The fourth-order valence-corrected chi connectivity index (χ4v) is 1.89. The van der Waals surface area contributed by atoms with E-state index in [1.54, 1.807) is 12.1 Å². The third-order valence-corrected chi connectivity index (χ3v) is 2.89. The van der Waals surface area contributed by atoms with Crippen LogP contribution in [0.4, 0.5) is 0 Å². The van der Waals surface area contributed by atoms with E-state index in [1.807, 2.05) is 13.0 Å². The minimum atomic E-state index is -0.459. The third-order valence-electron chi connectivity index (χ3n) is 2.61. The summed E-state index contributed by atoms with van der Waals surface area (Å²) >= 11 is 6.17. The lowest BCUT2D eigenvalue weighted by Gasteiger charge is -2.12. The molecule has 112 valence electrons. The van der Waals surface area contributed by atoms with Gasteiger partial charge in [0.1, 0.15) is 11.6 Å². The lowest BCUT2D eigenvalue weighted by molar-refractivity contribution is -0.116. The molecule has 0 aliphatic heterocycles. The summed E-state index contributed by atoms with van der Waals surface area (Å²) in [5.74, 6) is 0.451. The van der Waals surface area contributed by atoms with Crippen LogP contribution in [0.25, 0.3) is 6.08 Å². The Morgan fingerprint density at radius 3 is 2.76 bits per heavy atom. The second kappa shape index (κ2) is 8.18. The Morgan fingerprint density at radius 1 is 1.52 bits per heavy atom. The van der Waals surface area contributed by atoms with Gasteiger partial charge in [-0.3, -0.25) is 4.79 Å². The topological polar surface area (TPSA) is 71.3 Å². The molecule has 5 nitrogen and oxygen atoms in total. The molecule has 1 rings (SSSR count). The summed E-state index contributed by atoms with van der Waals surface area (Å²) in [6, 6.07) is 5.13. The van der Waals surface area contributed by atoms with Gasteiger partial charge in [-0.25, -0.2) is 0 Å². The summed E-state index contributed by atoms with van der Waals surface area (Å²) in [6.07, 6.45) is 2.28. The van der Waals surface area contributed by atoms with E-state index in [-0.39, 0.29) is 5.57 Å². The van der Waals surface area contributed by atoms with Crippen LogP contribution in [0.15, 0.2) is 17.7 Å². The zero-order valence-electron chi connectivity index (χ0n) is 12.2. The van der Waals surface area contributed by atoms with E-state index in [0.29, 0.717) is 28.7 Å². The molecule has 0 spiro atoms. The summed E-state index contributed by atoms with van der Waals surface area (Å²) in [5.41, 5.74) is 0.568. The van der Waals surface area contributed by atoms with Crippen molar-refractivity contribution in [2.24, 2.45) is 0 Å². The number of carbonyl (C=O) groups is 1. The highest BCUT2D eigenvalue weighted by Gasteiger charge is 2.13. The number of hydrogen-bond donors (Lipinski definition) is 1. The third kappa shape index (κ3) is 4.40. The maximum atomic E-state index is 11.5. The number of carbonyl (C=O) groups excluding carboxylic acids is 1. The minimum absolute atomic E-state index is 0.0159. The first-order chi connectivity index (χ1) is 10.1. The Labute approximate surface area is 129 Å². The summed E-state index contributed by atoms with van der Waals surface area (Å²) in [6.45, 7) is 2.51. The number of nitrogens with zero attached hydrogens (tertiary/aromatic N) is 1. The van der Waals surface area contributed by atoms with Gasteiger partial charge in [0.15, 0.2) is 11.5 Å². The molecule has 1 N–H and O–H groups in total. The molecule has 0 unspecified atom stereocenters. The van der Waals surface area contributed by atoms with Crippen LogP contribution in [0, 0.1) is 11.3 Å². The predicted octanol–water partition coefficient (Wildman–Crippen LogP) is 2.79. The van der Waals surface area contributed by atoms with Gasteiger partial charge in [-0.2, -0.15) is 5.26 Å². The van der Waals surface area contributed by atoms with Gasteiger partial charge < -0.3 is 14.8 Å². The summed E-state index contributed by atoms with van der Waals surface area (Å²) in [5, 5.41) is 11.8. The van der Waals surface area contributed by atoms with E-state index in [0.717, 1.165) is 6.42 Å². The zero-order valence-corrected chi connectivity index (χ0v) is 13.0. The van der Waals surface area contributed by atoms with E-state index >= 15 is 0 Å². The molecule has 0 atom stereocenters. The SMILES string of the molecule is CCCOc1c(Cl)cc(/C=C(\C#N)C(=O)NC)cc1OC. The van der Waals surface area contributed by atoms with Gasteiger partial charge in [0.05, 0.1) is 18.7 Å². The number of hydrogen-bond acceptors (Lipinski definition) is 4. The van der Waals surface area contributed by atoms with Crippen LogP contribution in [0.1, 0.15) is 18.9 Å². The molecule has 0 radical (unpaired) electrons. The monoisotopic (exact) mass is 308 g/mol. The van der Waals surface area contributed by atoms with Gasteiger partial charge in [0.25, 0.3) is 5.91 Å². The van der Waals surface area contributed by atoms with Gasteiger partial charge in [-0.15, -0.1) is 0 Å². The minimum Gasteiger partial charge on any atom is -0.493 e. The molecule has 21 heavy (non-hydrogen) atoms. The summed E-state index contributed by atoms with van der Waals surface area (Å²) < 4.78 is 10.8. The predicted molar refractivity (Wildman–Crippen MR) is 81.4 cm³/mol. The van der Waals surface area contributed by atoms with E-state index in [2.05, 4.69) is 5.32 Å². The van der Waals surface area contributed by atoms with E-state index < -0.39 is 5.91 Å². The fourth-order valence-electron chi connectivity index (χ4n) is 1.62. The average Bonchev–Trinajstić information content (AvgIpc) is 2.50. The average molecular weight is 309 g/mol. The van der Waals surface area contributed by atoms with Crippen molar-refractivity contribution >= 4 is 23.6 Å². The summed E-state index contributed by atoms with van der Waals surface area (Å²) in [7, 11) is 2.96. The molecule has 0 aliphatic carbocycles. The number of halogens is 1. The van der Waals surface area contributed by atoms with Crippen LogP contribution in [0.2, 0.25) is 5.02 Å². The Balaban J connectivity index is 3.22. The molecule has 0 saturated heterocycles. The van der Waals surface area contributed by atoms with Crippen molar-refractivity contribution < 1.29 is 14.3 Å². The van der Waals surface area contributed by atoms with Gasteiger partial charge >= 0.3 is 0 Å². The van der Waals surface area contributed by atoms with Gasteiger partial charge in [0.2, 0.25) is 0 Å². The second-order valence-corrected chi connectivity index (χ2v) is 4.54. The largest absolute Gasteiger partial charge is 0.493 e. The summed E-state index contributed by atoms with van der Waals surface area (Å²) in [4.78, 5) is 11.5. The van der Waals surface area contributed by atoms with E-state index in [1.165, 1.54) is 20.2 Å². The van der Waals surface area contributed by atoms with E-state index in [4.69, 9.17) is 26.3 Å². The maximum Gasteiger partial charge on any atom is 0.261 e. The smallest absolute Gasteiger partial charge is 0.261 e. The number of methoxy groups -OCH3 is 1. The van der Waals surface area contributed by atoms with Crippen LogP contribution in [-0.2, 0) is 4.79 Å². The molecule has 0 bridgehead atoms. The maximum absolute atomic E-state index is 11.5. The lowest BCUT2D eigenvalue weighted by Crippen LogP contribution is -2.19. The van der Waals surface area contributed by atoms with Crippen LogP contribution in [0.5, 0.6) is 11.5 Å². The highest BCUT2D eigenvalue weighted by molar-refractivity contribution is 6.32. The van der Waals surface area contributed by atoms with Gasteiger partial charge in [0, 0.05) is 7.05 Å². The van der Waals surface area contributed by atoms with Crippen molar-refractivity contribution in [1.82, 2.24) is 5.32 Å². The first kappa shape index (κ1) is 16.9. The molecule has 1 amide bonds. The van der Waals surface area contributed by atoms with Crippen LogP contribution >= 0.6 is 11.6 Å². The highest BCUT2D eigenvalue weighted by Crippen LogP contribution is 2.37. The van der Waals surface area contributed by atoms with Crippen LogP contribution in [0.3, 0.4) is 0 Å². The first-order valence-electron chi connectivity index (χ1n) is 6.41. The van der Waals surface area contributed by atoms with Gasteiger partial charge in [-0.1, -0.05) is 18.5 Å². The van der Waals surface area contributed by atoms with Gasteiger partial charge in [-0.05, 0) is 30.2 Å². The number of ether oxygens (including phenoxy) is 2. The van der Waals surface area contributed by atoms with Crippen molar-refractivity contribution in [3.8, 4) is 17.6 Å². The molecule has 6 heteroatoms. The number of amides is 1. The normalized spacial score (nSPS) is 10.7. The molecule has 0 heterocycles. The number of rotatable bonds is 6. The quantitative estimate of drug-likeness (QED) is 0.648. The number of nitrogens with one attached hydrogen (secondary N) is 1. The molecule has 0 aromatic heterocycles. The van der Waals surface area contributed by atoms with Crippen LogP contribution < -0.4 is 14.8 Å². The molecule has 0 fully saturated rings. The highest BCUT2D eigenvalue weighted by atomic mass is 35.5. The fraction of sp³-hybridized carbons (Fsp3) is 0.333. The molecular formula is C15H17ClN2O3. The molecule has 0 saturated carbocycles. The molecular weight excluding hydrogens is 292 g/mol. The Morgan fingerprint density at radius 2 is 2.24 bits per heavy atom. The molecule has 1 aromatic rings. The van der Waals surface area contributed by atoms with Crippen molar-refractivity contribution in [2.45, 2.75) is 13.3 Å². The number of benzene rings is 1. The standard InChI is InChI=1S/C15H17ClN2O3/c1-4-5-21-14-12(16)7-10(8-13(14)20-3)6-11(9-17)15(19)18-2/h6-8H,4-5H2,1-3H3,(H,18,19)/b11-6+. The number of nitriles is 1. The molecule has 1 aromatic carbocycles.